The summed E-state index contributed by atoms with van der Waals surface area (Å²) in [7, 11) is 0. The monoisotopic (exact) mass is 445 g/mol. The molecule has 1 heterocycles. The molecule has 1 aliphatic rings. The van der Waals surface area contributed by atoms with Crippen LogP contribution in [0, 0.1) is 29.8 Å². The van der Waals surface area contributed by atoms with Crippen LogP contribution in [0.5, 0.6) is 0 Å². The predicted molar refractivity (Wildman–Crippen MR) is 122 cm³/mol. The average Bonchev–Trinajstić information content (AvgIpc) is 3.01. The molecule has 0 unspecified atom stereocenters. The van der Waals surface area contributed by atoms with Crippen molar-refractivity contribution in [2.75, 3.05) is 5.32 Å². The van der Waals surface area contributed by atoms with Crippen molar-refractivity contribution in [3.63, 3.8) is 0 Å². The van der Waals surface area contributed by atoms with Crippen molar-refractivity contribution >= 4 is 28.8 Å². The molecule has 1 aliphatic heterocycles. The largest absolute Gasteiger partial charge is 0.350 e. The molecular formula is C25H20FN3O4. The summed E-state index contributed by atoms with van der Waals surface area (Å²) in [6.45, 7) is 3.80. The molecule has 7 nitrogen and oxygen atoms in total. The Hall–Kier alpha value is -4.33. The molecule has 0 spiro atoms. The second kappa shape index (κ2) is 8.66. The van der Waals surface area contributed by atoms with Gasteiger partial charge in [-0.2, -0.15) is 0 Å². The van der Waals surface area contributed by atoms with Gasteiger partial charge in [0.15, 0.2) is 0 Å². The molecule has 0 aromatic heterocycles. The normalized spacial score (nSPS) is 13.6. The molecule has 0 atom stereocenters. The summed E-state index contributed by atoms with van der Waals surface area (Å²) in [6.07, 6.45) is 0. The van der Waals surface area contributed by atoms with E-state index >= 15 is 0 Å². The Kier molecular flexibility index (Phi) is 5.74. The number of nitro groups is 1. The highest BCUT2D eigenvalue weighted by atomic mass is 19.1. The van der Waals surface area contributed by atoms with E-state index in [0.717, 1.165) is 16.0 Å². The molecule has 0 aliphatic carbocycles. The van der Waals surface area contributed by atoms with Crippen LogP contribution in [0.15, 0.2) is 72.4 Å². The molecule has 3 aromatic carbocycles. The minimum Gasteiger partial charge on any atom is -0.350 e. The highest BCUT2D eigenvalue weighted by Gasteiger charge is 2.39. The number of nitrogens with one attached hydrogen (secondary N) is 1. The van der Waals surface area contributed by atoms with Crippen LogP contribution in [-0.4, -0.2) is 21.6 Å². The molecule has 8 heteroatoms. The number of nitro benzene ring substituents is 1. The number of carbonyl (C=O) groups excluding carboxylic acids is 2. The number of rotatable bonds is 6. The fourth-order valence-corrected chi connectivity index (χ4v) is 3.71. The molecule has 4 rings (SSSR count). The minimum atomic E-state index is -0.537. The average molecular weight is 445 g/mol. The van der Waals surface area contributed by atoms with E-state index in [1.807, 2.05) is 32.0 Å². The molecule has 166 valence electrons. The smallest absolute Gasteiger partial charge is 0.278 e. The second-order valence-corrected chi connectivity index (χ2v) is 7.82. The third kappa shape index (κ3) is 4.36. The zero-order valence-electron chi connectivity index (χ0n) is 18.0. The van der Waals surface area contributed by atoms with Crippen molar-refractivity contribution < 1.29 is 18.9 Å². The van der Waals surface area contributed by atoms with Crippen molar-refractivity contribution in [1.29, 1.82) is 0 Å². The maximum absolute atomic E-state index is 13.3. The third-order valence-electron chi connectivity index (χ3n) is 5.43. The third-order valence-corrected chi connectivity index (χ3v) is 5.43. The Bertz CT molecular complexity index is 1300. The van der Waals surface area contributed by atoms with Gasteiger partial charge in [0.05, 0.1) is 17.0 Å². The lowest BCUT2D eigenvalue weighted by Crippen LogP contribution is -2.32. The van der Waals surface area contributed by atoms with Crippen LogP contribution >= 0.6 is 0 Å². The number of aryl methyl sites for hydroxylation is 2. The number of halogens is 1. The number of amides is 2. The van der Waals surface area contributed by atoms with Gasteiger partial charge in [-0.3, -0.25) is 24.6 Å². The molecule has 33 heavy (non-hydrogen) atoms. The highest BCUT2D eigenvalue weighted by Crippen LogP contribution is 2.33. The van der Waals surface area contributed by atoms with E-state index in [-0.39, 0.29) is 23.5 Å². The lowest BCUT2D eigenvalue weighted by atomic mass is 10.0. The van der Waals surface area contributed by atoms with E-state index in [1.165, 1.54) is 48.5 Å². The number of benzene rings is 3. The molecule has 1 N–H and O–H groups in total. The van der Waals surface area contributed by atoms with Crippen LogP contribution in [0.1, 0.15) is 22.3 Å². The molecule has 0 radical (unpaired) electrons. The van der Waals surface area contributed by atoms with Gasteiger partial charge in [-0.15, -0.1) is 0 Å². The summed E-state index contributed by atoms with van der Waals surface area (Å²) >= 11 is 0. The number of non-ortho nitro benzene ring substituents is 1. The van der Waals surface area contributed by atoms with Gasteiger partial charge in [-0.05, 0) is 60.9 Å². The molecule has 2 amide bonds. The molecule has 0 bridgehead atoms. The van der Waals surface area contributed by atoms with E-state index < -0.39 is 22.6 Å². The Labute approximate surface area is 189 Å². The number of hydrogen-bond donors (Lipinski definition) is 1. The topological polar surface area (TPSA) is 92.6 Å². The summed E-state index contributed by atoms with van der Waals surface area (Å²) in [6, 6.07) is 16.7. The first kappa shape index (κ1) is 21.9. The quantitative estimate of drug-likeness (QED) is 0.336. The maximum atomic E-state index is 13.3. The van der Waals surface area contributed by atoms with E-state index in [0.29, 0.717) is 16.8 Å². The number of nitrogens with zero attached hydrogens (tertiary/aromatic N) is 2. The van der Waals surface area contributed by atoms with Gasteiger partial charge in [0.1, 0.15) is 11.5 Å². The number of anilines is 1. The Balaban J connectivity index is 1.76. The lowest BCUT2D eigenvalue weighted by molar-refractivity contribution is -0.384. The van der Waals surface area contributed by atoms with Gasteiger partial charge in [-0.25, -0.2) is 4.39 Å². The fraction of sp³-hybridized carbons (Fsp3) is 0.120. The predicted octanol–water partition coefficient (Wildman–Crippen LogP) is 4.74. The van der Waals surface area contributed by atoms with Crippen molar-refractivity contribution in [2.45, 2.75) is 20.4 Å². The van der Waals surface area contributed by atoms with Crippen LogP contribution in [0.4, 0.5) is 15.8 Å². The number of hydrogen-bond acceptors (Lipinski definition) is 5. The van der Waals surface area contributed by atoms with Crippen molar-refractivity contribution in [2.24, 2.45) is 0 Å². The van der Waals surface area contributed by atoms with E-state index in [1.54, 1.807) is 0 Å². The number of imide groups is 1. The van der Waals surface area contributed by atoms with Gasteiger partial charge < -0.3 is 5.32 Å². The van der Waals surface area contributed by atoms with Crippen LogP contribution in [0.2, 0.25) is 0 Å². The summed E-state index contributed by atoms with van der Waals surface area (Å²) in [5.74, 6) is -1.48. The molecule has 0 saturated heterocycles. The fourth-order valence-electron chi connectivity index (χ4n) is 3.71. The van der Waals surface area contributed by atoms with Crippen LogP contribution in [0.3, 0.4) is 0 Å². The van der Waals surface area contributed by atoms with Gasteiger partial charge in [-0.1, -0.05) is 29.8 Å². The SMILES string of the molecule is Cc1ccc(NC2=C(c3ccc([N+](=O)[O-])cc3)C(=O)N(Cc3ccc(F)cc3)C2=O)c(C)c1. The zero-order chi connectivity index (χ0) is 23.7. The molecule has 0 fully saturated rings. The van der Waals surface area contributed by atoms with Crippen molar-refractivity contribution in [3.05, 3.63) is 111 Å². The van der Waals surface area contributed by atoms with E-state index in [9.17, 15) is 24.1 Å². The molecule has 3 aromatic rings. The van der Waals surface area contributed by atoms with Gasteiger partial charge in [0.25, 0.3) is 17.5 Å². The van der Waals surface area contributed by atoms with Crippen LogP contribution < -0.4 is 5.32 Å². The van der Waals surface area contributed by atoms with Crippen molar-refractivity contribution in [3.8, 4) is 0 Å². The summed E-state index contributed by atoms with van der Waals surface area (Å²) in [5, 5.41) is 14.1. The Morgan fingerprint density at radius 1 is 0.939 bits per heavy atom. The number of carbonyl (C=O) groups is 2. The maximum Gasteiger partial charge on any atom is 0.278 e. The summed E-state index contributed by atoms with van der Waals surface area (Å²) < 4.78 is 13.3. The molecule has 0 saturated carbocycles. The van der Waals surface area contributed by atoms with E-state index in [4.69, 9.17) is 0 Å². The van der Waals surface area contributed by atoms with Gasteiger partial charge in [0, 0.05) is 17.8 Å². The first-order valence-electron chi connectivity index (χ1n) is 10.2. The van der Waals surface area contributed by atoms with E-state index in [2.05, 4.69) is 5.32 Å². The Morgan fingerprint density at radius 2 is 1.61 bits per heavy atom. The Morgan fingerprint density at radius 3 is 2.21 bits per heavy atom. The first-order valence-corrected chi connectivity index (χ1v) is 10.2. The lowest BCUT2D eigenvalue weighted by Gasteiger charge is -2.16. The summed E-state index contributed by atoms with van der Waals surface area (Å²) in [4.78, 5) is 38.2. The van der Waals surface area contributed by atoms with Gasteiger partial charge in [0.2, 0.25) is 0 Å². The van der Waals surface area contributed by atoms with Gasteiger partial charge >= 0.3 is 0 Å². The second-order valence-electron chi connectivity index (χ2n) is 7.82. The van der Waals surface area contributed by atoms with Crippen LogP contribution in [0.25, 0.3) is 5.57 Å². The highest BCUT2D eigenvalue weighted by molar-refractivity contribution is 6.36. The first-order chi connectivity index (χ1) is 15.7. The van der Waals surface area contributed by atoms with Crippen LogP contribution in [-0.2, 0) is 16.1 Å². The zero-order valence-corrected chi connectivity index (χ0v) is 18.0. The molecular weight excluding hydrogens is 425 g/mol. The standard InChI is InChI=1S/C25H20FN3O4/c1-15-3-12-21(16(2)13-15)27-23-22(18-6-10-20(11-7-18)29(32)33)24(30)28(25(23)31)14-17-4-8-19(26)9-5-17/h3-13,27H,14H2,1-2H3. The minimum absolute atomic E-state index is 0.0352. The van der Waals surface area contributed by atoms with Crippen molar-refractivity contribution in [1.82, 2.24) is 4.90 Å². The summed E-state index contributed by atoms with van der Waals surface area (Å²) in [5.41, 5.74) is 3.67.